The summed E-state index contributed by atoms with van der Waals surface area (Å²) in [6.45, 7) is 2.81. The molecule has 0 radical (unpaired) electrons. The second kappa shape index (κ2) is 6.31. The summed E-state index contributed by atoms with van der Waals surface area (Å²) in [6, 6.07) is 5.64. The third kappa shape index (κ3) is 3.31. The van der Waals surface area contributed by atoms with Crippen LogP contribution < -0.4 is 5.32 Å². The average molecular weight is 327 g/mol. The van der Waals surface area contributed by atoms with Crippen LogP contribution in [0.5, 0.6) is 5.75 Å². The average Bonchev–Trinajstić information content (AvgIpc) is 2.87. The van der Waals surface area contributed by atoms with Crippen molar-refractivity contribution in [2.24, 2.45) is 0 Å². The van der Waals surface area contributed by atoms with E-state index in [0.717, 1.165) is 22.2 Å². The van der Waals surface area contributed by atoms with Crippen LogP contribution in [0.25, 0.3) is 0 Å². The third-order valence-corrected chi connectivity index (χ3v) is 3.91. The van der Waals surface area contributed by atoms with E-state index >= 15 is 0 Å². The van der Waals surface area contributed by atoms with Crippen molar-refractivity contribution in [3.8, 4) is 5.75 Å². The Hall–Kier alpha value is -0.910. The monoisotopic (exact) mass is 326 g/mol. The molecule has 5 heteroatoms. The molecule has 1 aromatic carbocycles. The lowest BCUT2D eigenvalue weighted by molar-refractivity contribution is 0.440. The van der Waals surface area contributed by atoms with E-state index in [1.54, 1.807) is 17.4 Å². The highest BCUT2D eigenvalue weighted by molar-refractivity contribution is 9.10. The van der Waals surface area contributed by atoms with E-state index in [2.05, 4.69) is 33.2 Å². The molecular formula is C13H15BrN2OS. The van der Waals surface area contributed by atoms with Gasteiger partial charge in [0.05, 0.1) is 11.2 Å². The Balaban J connectivity index is 2.10. The van der Waals surface area contributed by atoms with Gasteiger partial charge in [0.1, 0.15) is 5.75 Å². The minimum Gasteiger partial charge on any atom is -0.508 e. The normalized spacial score (nSPS) is 12.6. The first-order valence-electron chi connectivity index (χ1n) is 5.79. The maximum Gasteiger partial charge on any atom is 0.120 e. The zero-order valence-electron chi connectivity index (χ0n) is 10.1. The highest BCUT2D eigenvalue weighted by Crippen LogP contribution is 2.29. The molecular weight excluding hydrogens is 312 g/mol. The van der Waals surface area contributed by atoms with Gasteiger partial charge in [-0.3, -0.25) is 0 Å². The fourth-order valence-electron chi connectivity index (χ4n) is 1.83. The first-order valence-corrected chi connectivity index (χ1v) is 7.53. The minimum absolute atomic E-state index is 0.129. The van der Waals surface area contributed by atoms with Gasteiger partial charge in [0.2, 0.25) is 0 Å². The predicted octanol–water partition coefficient (Wildman–Crippen LogP) is 3.85. The Morgan fingerprint density at radius 1 is 1.50 bits per heavy atom. The quantitative estimate of drug-likeness (QED) is 0.877. The molecule has 0 spiro atoms. The Morgan fingerprint density at radius 2 is 2.33 bits per heavy atom. The van der Waals surface area contributed by atoms with Crippen LogP contribution >= 0.6 is 27.3 Å². The topological polar surface area (TPSA) is 45.2 Å². The molecule has 1 heterocycles. The van der Waals surface area contributed by atoms with Crippen molar-refractivity contribution in [3.05, 3.63) is 44.8 Å². The van der Waals surface area contributed by atoms with Crippen molar-refractivity contribution in [1.82, 2.24) is 10.3 Å². The molecule has 0 aliphatic heterocycles. The van der Waals surface area contributed by atoms with E-state index in [1.165, 1.54) is 0 Å². The number of benzene rings is 1. The smallest absolute Gasteiger partial charge is 0.120 e. The van der Waals surface area contributed by atoms with Crippen molar-refractivity contribution in [2.75, 3.05) is 0 Å². The van der Waals surface area contributed by atoms with Crippen molar-refractivity contribution >= 4 is 27.3 Å². The third-order valence-electron chi connectivity index (χ3n) is 2.79. The van der Waals surface area contributed by atoms with Crippen LogP contribution in [0.4, 0.5) is 0 Å². The number of nitrogens with zero attached hydrogens (tertiary/aromatic N) is 1. The first-order chi connectivity index (χ1) is 8.70. The molecule has 0 saturated heterocycles. The summed E-state index contributed by atoms with van der Waals surface area (Å²) in [5, 5.41) is 15.4. The SMILES string of the molecule is CCC(NCc1cscn1)c1cc(Br)ccc1O. The number of nitrogens with one attached hydrogen (secondary N) is 1. The maximum atomic E-state index is 9.92. The van der Waals surface area contributed by atoms with Gasteiger partial charge in [-0.2, -0.15) is 0 Å². The van der Waals surface area contributed by atoms with E-state index in [0.29, 0.717) is 12.3 Å². The minimum atomic E-state index is 0.129. The van der Waals surface area contributed by atoms with E-state index < -0.39 is 0 Å². The standard InChI is InChI=1S/C13H15BrN2OS/c1-2-12(15-6-10-7-18-8-16-10)11-5-9(14)3-4-13(11)17/h3-5,7-8,12,15,17H,2,6H2,1H3. The summed E-state index contributed by atoms with van der Waals surface area (Å²) in [5.74, 6) is 0.329. The maximum absolute atomic E-state index is 9.92. The number of halogens is 1. The van der Waals surface area contributed by atoms with Gasteiger partial charge >= 0.3 is 0 Å². The number of rotatable bonds is 5. The number of aromatic hydroxyl groups is 1. The second-order valence-electron chi connectivity index (χ2n) is 4.02. The van der Waals surface area contributed by atoms with E-state index in [1.807, 2.05) is 23.0 Å². The molecule has 2 N–H and O–H groups in total. The van der Waals surface area contributed by atoms with E-state index in [9.17, 15) is 5.11 Å². The van der Waals surface area contributed by atoms with E-state index in [-0.39, 0.29) is 6.04 Å². The van der Waals surface area contributed by atoms with Gasteiger partial charge in [-0.15, -0.1) is 11.3 Å². The number of aromatic nitrogens is 1. The fourth-order valence-corrected chi connectivity index (χ4v) is 2.77. The van der Waals surface area contributed by atoms with Gasteiger partial charge in [0.25, 0.3) is 0 Å². The Kier molecular flexibility index (Phi) is 4.74. The first kappa shape index (κ1) is 13.5. The number of phenolic OH excluding ortho intramolecular Hbond substituents is 1. The number of thiazole rings is 1. The number of phenols is 1. The van der Waals surface area contributed by atoms with Gasteiger partial charge < -0.3 is 10.4 Å². The second-order valence-corrected chi connectivity index (χ2v) is 5.66. The molecule has 18 heavy (non-hydrogen) atoms. The van der Waals surface area contributed by atoms with Crippen LogP contribution in [-0.4, -0.2) is 10.1 Å². The Bertz CT molecular complexity index is 502. The lowest BCUT2D eigenvalue weighted by Gasteiger charge is -2.18. The molecule has 1 aromatic heterocycles. The highest BCUT2D eigenvalue weighted by Gasteiger charge is 2.13. The molecule has 96 valence electrons. The van der Waals surface area contributed by atoms with Crippen LogP contribution in [0.3, 0.4) is 0 Å². The summed E-state index contributed by atoms with van der Waals surface area (Å²) in [6.07, 6.45) is 0.911. The zero-order chi connectivity index (χ0) is 13.0. The van der Waals surface area contributed by atoms with Crippen molar-refractivity contribution in [3.63, 3.8) is 0 Å². The van der Waals surface area contributed by atoms with Crippen molar-refractivity contribution < 1.29 is 5.11 Å². The molecule has 0 bridgehead atoms. The predicted molar refractivity (Wildman–Crippen MR) is 77.8 cm³/mol. The van der Waals surface area contributed by atoms with Gasteiger partial charge in [0.15, 0.2) is 0 Å². The van der Waals surface area contributed by atoms with Crippen molar-refractivity contribution in [1.29, 1.82) is 0 Å². The molecule has 0 amide bonds. The van der Waals surface area contributed by atoms with Gasteiger partial charge in [0, 0.05) is 28.0 Å². The summed E-state index contributed by atoms with van der Waals surface area (Å²) in [5.41, 5.74) is 3.78. The highest BCUT2D eigenvalue weighted by atomic mass is 79.9. The van der Waals surface area contributed by atoms with Crippen LogP contribution in [0.1, 0.15) is 30.6 Å². The molecule has 2 rings (SSSR count). The Labute approximate surface area is 119 Å². The molecule has 1 atom stereocenters. The molecule has 2 aromatic rings. The molecule has 0 fully saturated rings. The molecule has 0 aliphatic carbocycles. The molecule has 1 unspecified atom stereocenters. The van der Waals surface area contributed by atoms with Crippen molar-refractivity contribution in [2.45, 2.75) is 25.9 Å². The number of hydrogen-bond donors (Lipinski definition) is 2. The summed E-state index contributed by atoms with van der Waals surface area (Å²) in [4.78, 5) is 4.24. The Morgan fingerprint density at radius 3 is 3.00 bits per heavy atom. The van der Waals surface area contributed by atoms with Crippen LogP contribution in [-0.2, 0) is 6.54 Å². The lowest BCUT2D eigenvalue weighted by Crippen LogP contribution is -2.20. The van der Waals surface area contributed by atoms with Gasteiger partial charge in [-0.05, 0) is 24.6 Å². The van der Waals surface area contributed by atoms with Gasteiger partial charge in [-0.25, -0.2) is 4.98 Å². The van der Waals surface area contributed by atoms with E-state index in [4.69, 9.17) is 0 Å². The fraction of sp³-hybridized carbons (Fsp3) is 0.308. The van der Waals surface area contributed by atoms with Crippen LogP contribution in [0.15, 0.2) is 33.6 Å². The summed E-state index contributed by atoms with van der Waals surface area (Å²) < 4.78 is 0.976. The number of hydrogen-bond acceptors (Lipinski definition) is 4. The largest absolute Gasteiger partial charge is 0.508 e. The molecule has 0 aliphatic rings. The van der Waals surface area contributed by atoms with Crippen LogP contribution in [0.2, 0.25) is 0 Å². The summed E-state index contributed by atoms with van der Waals surface area (Å²) in [7, 11) is 0. The zero-order valence-corrected chi connectivity index (χ0v) is 12.5. The van der Waals surface area contributed by atoms with Crippen LogP contribution in [0, 0.1) is 0 Å². The molecule has 3 nitrogen and oxygen atoms in total. The molecule has 0 saturated carbocycles. The van der Waals surface area contributed by atoms with Gasteiger partial charge in [-0.1, -0.05) is 22.9 Å². The lowest BCUT2D eigenvalue weighted by atomic mass is 10.0. The summed E-state index contributed by atoms with van der Waals surface area (Å²) >= 11 is 5.03.